The van der Waals surface area contributed by atoms with Crippen LogP contribution in [0.15, 0.2) is 12.3 Å². The molecule has 10 heavy (non-hydrogen) atoms. The van der Waals surface area contributed by atoms with Gasteiger partial charge in [-0.2, -0.15) is 5.26 Å². The molecule has 0 atom stereocenters. The number of hydrogen-bond donors (Lipinski definition) is 0. The van der Waals surface area contributed by atoms with E-state index >= 15 is 0 Å². The molecule has 0 saturated heterocycles. The van der Waals surface area contributed by atoms with Crippen molar-refractivity contribution < 1.29 is 4.39 Å². The number of aromatic nitrogens is 1. The van der Waals surface area contributed by atoms with E-state index in [1.54, 1.807) is 6.07 Å². The van der Waals surface area contributed by atoms with Crippen LogP contribution in [0.1, 0.15) is 5.56 Å². The molecule has 0 aliphatic rings. The molecular formula is C6H2ClFN2. The van der Waals surface area contributed by atoms with E-state index in [0.717, 1.165) is 0 Å². The molecule has 0 unspecified atom stereocenters. The van der Waals surface area contributed by atoms with Crippen molar-refractivity contribution in [1.82, 2.24) is 4.98 Å². The topological polar surface area (TPSA) is 36.7 Å². The molecule has 4 heteroatoms. The van der Waals surface area contributed by atoms with Gasteiger partial charge in [0.25, 0.3) is 0 Å². The van der Waals surface area contributed by atoms with Gasteiger partial charge >= 0.3 is 0 Å². The van der Waals surface area contributed by atoms with Crippen molar-refractivity contribution in [3.8, 4) is 6.07 Å². The number of nitriles is 1. The van der Waals surface area contributed by atoms with Crippen LogP contribution in [0.5, 0.6) is 0 Å². The maximum atomic E-state index is 12.6. The van der Waals surface area contributed by atoms with Crippen molar-refractivity contribution >= 4 is 11.6 Å². The van der Waals surface area contributed by atoms with Crippen LogP contribution in [0.3, 0.4) is 0 Å². The van der Waals surface area contributed by atoms with Crippen LogP contribution < -0.4 is 0 Å². The van der Waals surface area contributed by atoms with Crippen molar-refractivity contribution in [2.75, 3.05) is 0 Å². The lowest BCUT2D eigenvalue weighted by Gasteiger charge is -1.91. The second-order valence-electron chi connectivity index (χ2n) is 1.58. The first-order chi connectivity index (χ1) is 4.75. The zero-order valence-electron chi connectivity index (χ0n) is 4.81. The smallest absolute Gasteiger partial charge is 0.178 e. The Kier molecular flexibility index (Phi) is 1.83. The first-order valence-corrected chi connectivity index (χ1v) is 2.83. The van der Waals surface area contributed by atoms with Gasteiger partial charge < -0.3 is 0 Å². The molecule has 1 aromatic heterocycles. The summed E-state index contributed by atoms with van der Waals surface area (Å²) >= 11 is 5.26. The Labute approximate surface area is 61.9 Å². The molecule has 1 rings (SSSR count). The Morgan fingerprint density at radius 2 is 2.40 bits per heavy atom. The van der Waals surface area contributed by atoms with E-state index in [0.29, 0.717) is 0 Å². The molecule has 0 fully saturated rings. The largest absolute Gasteiger partial charge is 0.241 e. The molecule has 1 aromatic rings. The average Bonchev–Trinajstić information content (AvgIpc) is 1.95. The van der Waals surface area contributed by atoms with Crippen molar-refractivity contribution in [2.45, 2.75) is 0 Å². The lowest BCUT2D eigenvalue weighted by molar-refractivity contribution is 0.618. The predicted molar refractivity (Wildman–Crippen MR) is 33.9 cm³/mol. The second-order valence-corrected chi connectivity index (χ2v) is 1.93. The highest BCUT2D eigenvalue weighted by Gasteiger charge is 2.04. The van der Waals surface area contributed by atoms with Crippen LogP contribution in [0.25, 0.3) is 0 Å². The third kappa shape index (κ3) is 1.07. The molecule has 0 spiro atoms. The number of rotatable bonds is 0. The van der Waals surface area contributed by atoms with Crippen molar-refractivity contribution in [2.24, 2.45) is 0 Å². The van der Waals surface area contributed by atoms with Gasteiger partial charge in [-0.15, -0.1) is 0 Å². The van der Waals surface area contributed by atoms with Crippen LogP contribution in [0.4, 0.5) is 4.39 Å². The van der Waals surface area contributed by atoms with Gasteiger partial charge in [0.2, 0.25) is 0 Å². The number of hydrogen-bond acceptors (Lipinski definition) is 2. The van der Waals surface area contributed by atoms with Crippen LogP contribution >= 0.6 is 11.6 Å². The number of halogens is 2. The SMILES string of the molecule is N#Cc1ccnc(Cl)c1F. The summed E-state index contributed by atoms with van der Waals surface area (Å²) in [5.74, 6) is -0.758. The van der Waals surface area contributed by atoms with Crippen molar-refractivity contribution in [3.63, 3.8) is 0 Å². The standard InChI is InChI=1S/C6H2ClFN2/c7-6-5(8)4(3-9)1-2-10-6/h1-2H. The quantitative estimate of drug-likeness (QED) is 0.537. The second kappa shape index (κ2) is 2.63. The predicted octanol–water partition coefficient (Wildman–Crippen LogP) is 1.75. The van der Waals surface area contributed by atoms with Crippen LogP contribution in [0.2, 0.25) is 5.15 Å². The molecule has 0 aromatic carbocycles. The summed E-state index contributed by atoms with van der Waals surface area (Å²) in [7, 11) is 0. The van der Waals surface area contributed by atoms with Gasteiger partial charge in [0.1, 0.15) is 6.07 Å². The van der Waals surface area contributed by atoms with Crippen LogP contribution in [-0.4, -0.2) is 4.98 Å². The van der Waals surface area contributed by atoms with E-state index in [-0.39, 0.29) is 10.7 Å². The molecule has 0 aliphatic carbocycles. The highest BCUT2D eigenvalue weighted by Crippen LogP contribution is 2.13. The summed E-state index contributed by atoms with van der Waals surface area (Å²) in [4.78, 5) is 3.43. The normalized spacial score (nSPS) is 8.90. The number of nitrogens with zero attached hydrogens (tertiary/aromatic N) is 2. The van der Waals surface area contributed by atoms with Gasteiger partial charge in [-0.25, -0.2) is 9.37 Å². The highest BCUT2D eigenvalue weighted by molar-refractivity contribution is 6.29. The average molecular weight is 157 g/mol. The maximum Gasteiger partial charge on any atom is 0.178 e. The van der Waals surface area contributed by atoms with Crippen molar-refractivity contribution in [1.29, 1.82) is 5.26 Å². The first kappa shape index (κ1) is 6.97. The fourth-order valence-electron chi connectivity index (χ4n) is 0.505. The summed E-state index contributed by atoms with van der Waals surface area (Å²) in [6, 6.07) is 2.90. The van der Waals surface area contributed by atoms with E-state index in [1.165, 1.54) is 12.3 Å². The summed E-state index contributed by atoms with van der Waals surface area (Å²) in [6.45, 7) is 0. The van der Waals surface area contributed by atoms with E-state index < -0.39 is 5.82 Å². The Balaban J connectivity index is 3.31. The number of pyridine rings is 1. The Morgan fingerprint density at radius 1 is 1.70 bits per heavy atom. The fourth-order valence-corrected chi connectivity index (χ4v) is 0.663. The zero-order chi connectivity index (χ0) is 7.56. The third-order valence-electron chi connectivity index (χ3n) is 0.967. The molecule has 0 aliphatic heterocycles. The summed E-state index contributed by atoms with van der Waals surface area (Å²) in [6.07, 6.45) is 1.28. The van der Waals surface area contributed by atoms with E-state index in [4.69, 9.17) is 16.9 Å². The first-order valence-electron chi connectivity index (χ1n) is 2.46. The lowest BCUT2D eigenvalue weighted by atomic mass is 10.3. The van der Waals surface area contributed by atoms with Gasteiger partial charge in [0.15, 0.2) is 11.0 Å². The lowest BCUT2D eigenvalue weighted by Crippen LogP contribution is -1.86. The monoisotopic (exact) mass is 156 g/mol. The Bertz CT molecular complexity index is 292. The zero-order valence-corrected chi connectivity index (χ0v) is 5.56. The molecule has 2 nitrogen and oxygen atoms in total. The minimum atomic E-state index is -0.758. The fraction of sp³-hybridized carbons (Fsp3) is 0. The van der Waals surface area contributed by atoms with Crippen molar-refractivity contribution in [3.05, 3.63) is 28.8 Å². The van der Waals surface area contributed by atoms with E-state index in [1.807, 2.05) is 0 Å². The minimum Gasteiger partial charge on any atom is -0.241 e. The highest BCUT2D eigenvalue weighted by atomic mass is 35.5. The van der Waals surface area contributed by atoms with E-state index in [9.17, 15) is 4.39 Å². The van der Waals surface area contributed by atoms with Crippen LogP contribution in [0, 0.1) is 17.1 Å². The van der Waals surface area contributed by atoms with Gasteiger partial charge in [-0.1, -0.05) is 11.6 Å². The summed E-state index contributed by atoms with van der Waals surface area (Å²) in [5, 5.41) is 8.00. The molecule has 0 N–H and O–H groups in total. The van der Waals surface area contributed by atoms with Gasteiger partial charge in [-0.3, -0.25) is 0 Å². The van der Waals surface area contributed by atoms with Gasteiger partial charge in [0, 0.05) is 6.20 Å². The molecule has 50 valence electrons. The molecule has 0 saturated carbocycles. The maximum absolute atomic E-state index is 12.6. The Morgan fingerprint density at radius 3 is 2.90 bits per heavy atom. The molecule has 0 radical (unpaired) electrons. The Hall–Kier alpha value is -1.14. The van der Waals surface area contributed by atoms with E-state index in [2.05, 4.69) is 4.98 Å². The van der Waals surface area contributed by atoms with Gasteiger partial charge in [0.05, 0.1) is 5.56 Å². The molecular weight excluding hydrogens is 155 g/mol. The van der Waals surface area contributed by atoms with Crippen LogP contribution in [-0.2, 0) is 0 Å². The molecule has 0 amide bonds. The van der Waals surface area contributed by atoms with Gasteiger partial charge in [-0.05, 0) is 6.07 Å². The molecule has 1 heterocycles. The third-order valence-corrected chi connectivity index (χ3v) is 1.23. The minimum absolute atomic E-state index is 0.0833. The molecule has 0 bridgehead atoms. The summed E-state index contributed by atoms with van der Waals surface area (Å²) in [5.41, 5.74) is -0.0833. The summed E-state index contributed by atoms with van der Waals surface area (Å²) < 4.78 is 12.6.